The average molecular weight is 219 g/mol. The molecule has 1 fully saturated rings. The first-order chi connectivity index (χ1) is 7.70. The first-order valence-electron chi connectivity index (χ1n) is 5.73. The molecular formula is C13H17NO2. The van der Waals surface area contributed by atoms with E-state index in [0.29, 0.717) is 13.0 Å². The van der Waals surface area contributed by atoms with Crippen LogP contribution < -0.4 is 10.1 Å². The lowest BCUT2D eigenvalue weighted by atomic mass is 9.93. The lowest BCUT2D eigenvalue weighted by Crippen LogP contribution is -2.24. The van der Waals surface area contributed by atoms with Crippen molar-refractivity contribution in [2.45, 2.75) is 32.2 Å². The predicted octanol–water partition coefficient (Wildman–Crippen LogP) is 2.08. The minimum Gasteiger partial charge on any atom is -0.494 e. The van der Waals surface area contributed by atoms with Gasteiger partial charge in [0, 0.05) is 18.4 Å². The molecule has 1 heterocycles. The number of carbonyl (C=O) groups excluding carboxylic acids is 1. The Labute approximate surface area is 95.8 Å². The molecule has 2 atom stereocenters. The van der Waals surface area contributed by atoms with Gasteiger partial charge in [-0.1, -0.05) is 12.1 Å². The van der Waals surface area contributed by atoms with Crippen LogP contribution in [-0.4, -0.2) is 18.6 Å². The van der Waals surface area contributed by atoms with E-state index in [1.165, 1.54) is 5.56 Å². The van der Waals surface area contributed by atoms with E-state index in [4.69, 9.17) is 4.74 Å². The summed E-state index contributed by atoms with van der Waals surface area (Å²) in [4.78, 5) is 11.3. The van der Waals surface area contributed by atoms with Crippen molar-refractivity contribution in [3.63, 3.8) is 0 Å². The Morgan fingerprint density at radius 2 is 2.31 bits per heavy atom. The fourth-order valence-corrected chi connectivity index (χ4v) is 2.20. The van der Waals surface area contributed by atoms with Crippen LogP contribution in [0, 0.1) is 0 Å². The van der Waals surface area contributed by atoms with E-state index in [-0.39, 0.29) is 17.9 Å². The van der Waals surface area contributed by atoms with Gasteiger partial charge in [0.05, 0.1) is 6.61 Å². The lowest BCUT2D eigenvalue weighted by molar-refractivity contribution is -0.119. The Balaban J connectivity index is 2.20. The van der Waals surface area contributed by atoms with Gasteiger partial charge in [0.25, 0.3) is 0 Å². The second-order valence-corrected chi connectivity index (χ2v) is 4.17. The van der Waals surface area contributed by atoms with Crippen LogP contribution in [0.25, 0.3) is 0 Å². The molecule has 16 heavy (non-hydrogen) atoms. The molecule has 3 heteroatoms. The first-order valence-corrected chi connectivity index (χ1v) is 5.73. The van der Waals surface area contributed by atoms with E-state index in [1.807, 2.05) is 32.0 Å². The highest BCUT2D eigenvalue weighted by Gasteiger charge is 2.30. The summed E-state index contributed by atoms with van der Waals surface area (Å²) in [5, 5.41) is 2.94. The lowest BCUT2D eigenvalue weighted by Gasteiger charge is -2.15. The van der Waals surface area contributed by atoms with Crippen molar-refractivity contribution in [1.82, 2.24) is 5.32 Å². The second kappa shape index (κ2) is 4.56. The van der Waals surface area contributed by atoms with Crippen LogP contribution in [0.4, 0.5) is 0 Å². The summed E-state index contributed by atoms with van der Waals surface area (Å²) in [5.41, 5.74) is 1.18. The van der Waals surface area contributed by atoms with E-state index >= 15 is 0 Å². The summed E-state index contributed by atoms with van der Waals surface area (Å²) >= 11 is 0. The van der Waals surface area contributed by atoms with E-state index in [2.05, 4.69) is 11.4 Å². The van der Waals surface area contributed by atoms with Gasteiger partial charge in [-0.2, -0.15) is 0 Å². The van der Waals surface area contributed by atoms with Crippen molar-refractivity contribution in [1.29, 1.82) is 0 Å². The van der Waals surface area contributed by atoms with Gasteiger partial charge in [-0.25, -0.2) is 0 Å². The first kappa shape index (κ1) is 11.0. The van der Waals surface area contributed by atoms with Gasteiger partial charge in [0.2, 0.25) is 5.91 Å². The largest absolute Gasteiger partial charge is 0.494 e. The molecule has 0 aromatic heterocycles. The topological polar surface area (TPSA) is 38.3 Å². The van der Waals surface area contributed by atoms with Gasteiger partial charge >= 0.3 is 0 Å². The molecule has 1 aliphatic heterocycles. The van der Waals surface area contributed by atoms with Crippen LogP contribution in [0.3, 0.4) is 0 Å². The van der Waals surface area contributed by atoms with Crippen LogP contribution >= 0.6 is 0 Å². The summed E-state index contributed by atoms with van der Waals surface area (Å²) < 4.78 is 5.46. The maximum absolute atomic E-state index is 11.3. The maximum Gasteiger partial charge on any atom is 0.220 e. The summed E-state index contributed by atoms with van der Waals surface area (Å²) in [6.45, 7) is 4.68. The van der Waals surface area contributed by atoms with Gasteiger partial charge in [-0.05, 0) is 31.5 Å². The fraction of sp³-hybridized carbons (Fsp3) is 0.462. The minimum absolute atomic E-state index is 0.138. The molecular weight excluding hydrogens is 202 g/mol. The monoisotopic (exact) mass is 219 g/mol. The molecule has 1 aliphatic rings. The van der Waals surface area contributed by atoms with Gasteiger partial charge in [-0.15, -0.1) is 0 Å². The third kappa shape index (κ3) is 2.18. The molecule has 2 unspecified atom stereocenters. The molecule has 1 amide bonds. The molecule has 86 valence electrons. The zero-order valence-electron chi connectivity index (χ0n) is 9.69. The van der Waals surface area contributed by atoms with Crippen molar-refractivity contribution in [3.05, 3.63) is 29.8 Å². The van der Waals surface area contributed by atoms with Crippen molar-refractivity contribution in [2.75, 3.05) is 6.61 Å². The average Bonchev–Trinajstić information content (AvgIpc) is 2.59. The molecule has 1 aromatic rings. The SMILES string of the molecule is CCOc1cccc(C2CC(=O)NC2C)c1. The van der Waals surface area contributed by atoms with Crippen LogP contribution in [0.15, 0.2) is 24.3 Å². The van der Waals surface area contributed by atoms with E-state index in [0.717, 1.165) is 5.75 Å². The number of nitrogens with one attached hydrogen (secondary N) is 1. The van der Waals surface area contributed by atoms with E-state index in [1.54, 1.807) is 0 Å². The zero-order valence-corrected chi connectivity index (χ0v) is 9.69. The molecule has 1 saturated heterocycles. The van der Waals surface area contributed by atoms with E-state index in [9.17, 15) is 4.79 Å². The molecule has 1 N–H and O–H groups in total. The number of amides is 1. The molecule has 0 radical (unpaired) electrons. The highest BCUT2D eigenvalue weighted by Crippen LogP contribution is 2.30. The summed E-state index contributed by atoms with van der Waals surface area (Å²) in [6, 6.07) is 8.23. The van der Waals surface area contributed by atoms with Crippen molar-refractivity contribution < 1.29 is 9.53 Å². The number of hydrogen-bond donors (Lipinski definition) is 1. The summed E-state index contributed by atoms with van der Waals surface area (Å²) in [5.74, 6) is 1.29. The summed E-state index contributed by atoms with van der Waals surface area (Å²) in [7, 11) is 0. The Morgan fingerprint density at radius 3 is 2.94 bits per heavy atom. The molecule has 3 nitrogen and oxygen atoms in total. The van der Waals surface area contributed by atoms with Crippen LogP contribution in [0.1, 0.15) is 31.7 Å². The Kier molecular flexibility index (Phi) is 3.13. The number of benzene rings is 1. The summed E-state index contributed by atoms with van der Waals surface area (Å²) in [6.07, 6.45) is 0.580. The number of hydrogen-bond acceptors (Lipinski definition) is 2. The molecule has 1 aromatic carbocycles. The van der Waals surface area contributed by atoms with E-state index < -0.39 is 0 Å². The predicted molar refractivity (Wildman–Crippen MR) is 62.6 cm³/mol. The number of rotatable bonds is 3. The van der Waals surface area contributed by atoms with Crippen LogP contribution in [0.5, 0.6) is 5.75 Å². The Morgan fingerprint density at radius 1 is 1.50 bits per heavy atom. The highest BCUT2D eigenvalue weighted by molar-refractivity contribution is 5.80. The highest BCUT2D eigenvalue weighted by atomic mass is 16.5. The van der Waals surface area contributed by atoms with Crippen molar-refractivity contribution in [2.24, 2.45) is 0 Å². The quantitative estimate of drug-likeness (QED) is 0.845. The zero-order chi connectivity index (χ0) is 11.5. The van der Waals surface area contributed by atoms with Gasteiger partial charge in [0.15, 0.2) is 0 Å². The smallest absolute Gasteiger partial charge is 0.220 e. The number of ether oxygens (including phenoxy) is 1. The normalized spacial score (nSPS) is 24.2. The third-order valence-corrected chi connectivity index (χ3v) is 2.99. The Bertz CT molecular complexity index is 389. The third-order valence-electron chi connectivity index (χ3n) is 2.99. The van der Waals surface area contributed by atoms with Gasteiger partial charge in [-0.3, -0.25) is 4.79 Å². The Hall–Kier alpha value is -1.51. The fourth-order valence-electron chi connectivity index (χ4n) is 2.20. The van der Waals surface area contributed by atoms with Crippen molar-refractivity contribution >= 4 is 5.91 Å². The molecule has 0 saturated carbocycles. The standard InChI is InChI=1S/C13H17NO2/c1-3-16-11-6-4-5-10(7-11)12-8-13(15)14-9(12)2/h4-7,9,12H,3,8H2,1-2H3,(H,14,15). The van der Waals surface area contributed by atoms with Gasteiger partial charge in [0.1, 0.15) is 5.75 Å². The molecule has 0 spiro atoms. The molecule has 0 bridgehead atoms. The van der Waals surface area contributed by atoms with Crippen LogP contribution in [-0.2, 0) is 4.79 Å². The molecule has 0 aliphatic carbocycles. The van der Waals surface area contributed by atoms with Gasteiger partial charge < -0.3 is 10.1 Å². The number of carbonyl (C=O) groups is 1. The second-order valence-electron chi connectivity index (χ2n) is 4.17. The maximum atomic E-state index is 11.3. The van der Waals surface area contributed by atoms with Crippen LogP contribution in [0.2, 0.25) is 0 Å². The minimum atomic E-state index is 0.138. The van der Waals surface area contributed by atoms with Crippen molar-refractivity contribution in [3.8, 4) is 5.75 Å². The molecule has 2 rings (SSSR count).